The quantitative estimate of drug-likeness (QED) is 0.0414. The Hall–Kier alpha value is -6.85. The summed E-state index contributed by atoms with van der Waals surface area (Å²) in [5.74, 6) is -11.1. The van der Waals surface area contributed by atoms with E-state index in [0.717, 1.165) is 6.92 Å². The van der Waals surface area contributed by atoms with Gasteiger partial charge in [0.15, 0.2) is 0 Å². The first-order valence-corrected chi connectivity index (χ1v) is 17.3. The summed E-state index contributed by atoms with van der Waals surface area (Å²) in [6.07, 6.45) is -2.99. The second-order valence-corrected chi connectivity index (χ2v) is 12.8. The molecule has 0 fully saturated rings. The summed E-state index contributed by atoms with van der Waals surface area (Å²) >= 11 is 0. The Bertz CT molecular complexity index is 1670. The zero-order chi connectivity index (χ0) is 43.4. The lowest BCUT2D eigenvalue weighted by Gasteiger charge is -2.25. The maximum Gasteiger partial charge on any atom is 0.326 e. The van der Waals surface area contributed by atoms with E-state index in [0.29, 0.717) is 5.56 Å². The Morgan fingerprint density at radius 1 is 0.579 bits per heavy atom. The zero-order valence-corrected chi connectivity index (χ0v) is 30.9. The van der Waals surface area contributed by atoms with Gasteiger partial charge in [0.25, 0.3) is 0 Å². The SMILES string of the molecule is C[C@H](NC(=O)[C@H](CC(N)=O)NC(=O)[C@H](Cc1ccc(O)cc1)NC(=O)CNC(=O)[C@@H](N)CCC(N)=O)C(=O)N[C@@H](CCC(N)=O)C(=O)N[C@@H](CCC(N)=O)C(=O)O. The lowest BCUT2D eigenvalue weighted by molar-refractivity contribution is -0.142. The topological polar surface area (TPSA) is 431 Å². The Labute approximate surface area is 325 Å². The van der Waals surface area contributed by atoms with Crippen LogP contribution in [0.1, 0.15) is 57.4 Å². The molecule has 1 aromatic rings. The molecule has 1 aromatic carbocycles. The van der Waals surface area contributed by atoms with Gasteiger partial charge in [-0.3, -0.25) is 47.9 Å². The number of nitrogens with two attached hydrogens (primary N) is 5. The number of carbonyl (C=O) groups is 11. The molecule has 0 heterocycles. The van der Waals surface area contributed by atoms with E-state index in [9.17, 15) is 63.0 Å². The molecule has 6 atom stereocenters. The van der Waals surface area contributed by atoms with Gasteiger partial charge < -0.3 is 70.8 Å². The number of aromatic hydroxyl groups is 1. The van der Waals surface area contributed by atoms with Crippen molar-refractivity contribution in [3.8, 4) is 5.75 Å². The molecule has 24 nitrogen and oxygen atoms in total. The molecule has 0 radical (unpaired) electrons. The smallest absolute Gasteiger partial charge is 0.326 e. The molecule has 1 rings (SSSR count). The highest BCUT2D eigenvalue weighted by molar-refractivity contribution is 5.98. The molecule has 0 aliphatic rings. The molecule has 18 N–H and O–H groups in total. The number of rotatable bonds is 26. The predicted octanol–water partition coefficient (Wildman–Crippen LogP) is -6.42. The summed E-state index contributed by atoms with van der Waals surface area (Å²) in [4.78, 5) is 135. The number of carboxylic acid groups (broad SMARTS) is 1. The van der Waals surface area contributed by atoms with Crippen LogP contribution in [0, 0.1) is 0 Å². The Balaban J connectivity index is 3.16. The number of primary amides is 4. The zero-order valence-electron chi connectivity index (χ0n) is 30.9. The van der Waals surface area contributed by atoms with Gasteiger partial charge in [-0.1, -0.05) is 12.1 Å². The van der Waals surface area contributed by atoms with Crippen LogP contribution in [0.25, 0.3) is 0 Å². The molecule has 314 valence electrons. The molecule has 0 unspecified atom stereocenters. The lowest BCUT2D eigenvalue weighted by Crippen LogP contribution is -2.59. The van der Waals surface area contributed by atoms with Gasteiger partial charge in [-0.05, 0) is 43.9 Å². The van der Waals surface area contributed by atoms with Crippen molar-refractivity contribution in [2.75, 3.05) is 6.54 Å². The molecule has 24 heteroatoms. The van der Waals surface area contributed by atoms with E-state index in [2.05, 4.69) is 31.9 Å². The number of hydrogen-bond donors (Lipinski definition) is 13. The minimum absolute atomic E-state index is 0.101. The van der Waals surface area contributed by atoms with Crippen LogP contribution in [0.4, 0.5) is 0 Å². The first kappa shape index (κ1) is 48.2. The van der Waals surface area contributed by atoms with Gasteiger partial charge >= 0.3 is 5.97 Å². The molecule has 10 amide bonds. The minimum Gasteiger partial charge on any atom is -0.508 e. The van der Waals surface area contributed by atoms with Crippen molar-refractivity contribution in [2.24, 2.45) is 28.7 Å². The molecule has 0 saturated carbocycles. The van der Waals surface area contributed by atoms with Gasteiger partial charge in [-0.2, -0.15) is 0 Å². The highest BCUT2D eigenvalue weighted by Gasteiger charge is 2.32. The summed E-state index contributed by atoms with van der Waals surface area (Å²) in [5, 5.41) is 32.6. The van der Waals surface area contributed by atoms with Crippen LogP contribution in [-0.2, 0) is 59.2 Å². The Kier molecular flexibility index (Phi) is 20.1. The molecule has 0 aliphatic heterocycles. The maximum atomic E-state index is 13.5. The average Bonchev–Trinajstić information content (AvgIpc) is 3.12. The highest BCUT2D eigenvalue weighted by Crippen LogP contribution is 2.12. The van der Waals surface area contributed by atoms with Gasteiger partial charge in [-0.25, -0.2) is 4.79 Å². The van der Waals surface area contributed by atoms with Crippen molar-refractivity contribution in [3.63, 3.8) is 0 Å². The van der Waals surface area contributed by atoms with Gasteiger partial charge in [-0.15, -0.1) is 0 Å². The van der Waals surface area contributed by atoms with Crippen LogP contribution in [0.15, 0.2) is 24.3 Å². The van der Waals surface area contributed by atoms with Crippen molar-refractivity contribution in [1.29, 1.82) is 0 Å². The summed E-state index contributed by atoms with van der Waals surface area (Å²) in [5.41, 5.74) is 26.7. The number of amides is 10. The third-order valence-electron chi connectivity index (χ3n) is 7.89. The van der Waals surface area contributed by atoms with Crippen molar-refractivity contribution in [3.05, 3.63) is 29.8 Å². The number of benzene rings is 1. The molecule has 57 heavy (non-hydrogen) atoms. The van der Waals surface area contributed by atoms with Gasteiger partial charge in [0.2, 0.25) is 59.1 Å². The van der Waals surface area contributed by atoms with E-state index < -0.39 is 140 Å². The van der Waals surface area contributed by atoms with Crippen LogP contribution in [0.5, 0.6) is 5.75 Å². The molecule has 0 aliphatic carbocycles. The Morgan fingerprint density at radius 2 is 1.05 bits per heavy atom. The van der Waals surface area contributed by atoms with Crippen LogP contribution >= 0.6 is 0 Å². The van der Waals surface area contributed by atoms with Crippen molar-refractivity contribution >= 4 is 65.0 Å². The monoisotopic (exact) mass is 807 g/mol. The number of carboxylic acids is 1. The predicted molar refractivity (Wildman–Crippen MR) is 195 cm³/mol. The number of phenols is 1. The second-order valence-electron chi connectivity index (χ2n) is 12.8. The number of phenolic OH excluding ortho intramolecular Hbond substituents is 1. The average molecular weight is 808 g/mol. The minimum atomic E-state index is -1.75. The van der Waals surface area contributed by atoms with Crippen LogP contribution < -0.4 is 60.6 Å². The van der Waals surface area contributed by atoms with E-state index >= 15 is 0 Å². The number of nitrogens with one attached hydrogen (secondary N) is 6. The summed E-state index contributed by atoms with van der Waals surface area (Å²) < 4.78 is 0. The molecular weight excluding hydrogens is 758 g/mol. The summed E-state index contributed by atoms with van der Waals surface area (Å²) in [7, 11) is 0. The van der Waals surface area contributed by atoms with Crippen LogP contribution in [-0.4, -0.2) is 118 Å². The number of carbonyl (C=O) groups excluding carboxylic acids is 10. The van der Waals surface area contributed by atoms with Crippen molar-refractivity contribution in [1.82, 2.24) is 31.9 Å². The fourth-order valence-electron chi connectivity index (χ4n) is 4.78. The van der Waals surface area contributed by atoms with Gasteiger partial charge in [0.05, 0.1) is 19.0 Å². The highest BCUT2D eigenvalue weighted by atomic mass is 16.4. The van der Waals surface area contributed by atoms with Crippen molar-refractivity contribution in [2.45, 2.75) is 94.5 Å². The number of hydrogen-bond acceptors (Lipinski definition) is 13. The van der Waals surface area contributed by atoms with Crippen molar-refractivity contribution < 1.29 is 63.0 Å². The fraction of sp³-hybridized carbons (Fsp3) is 0.485. The first-order chi connectivity index (χ1) is 26.6. The third-order valence-corrected chi connectivity index (χ3v) is 7.89. The summed E-state index contributed by atoms with van der Waals surface area (Å²) in [6.45, 7) is 0.470. The fourth-order valence-corrected chi connectivity index (χ4v) is 4.78. The van der Waals surface area contributed by atoms with Gasteiger partial charge in [0, 0.05) is 25.7 Å². The first-order valence-electron chi connectivity index (χ1n) is 17.3. The maximum absolute atomic E-state index is 13.5. The van der Waals surface area contributed by atoms with E-state index in [-0.39, 0.29) is 25.0 Å². The standard InChI is InChI=1S/C33H49N11O13/c1-15(28(51)42-19(7-10-24(36)47)30(53)43-20(33(56)57)8-11-25(37)48)40-31(54)22(13-26(38)49)44-32(55)21(12-16-2-4-17(45)5-3-16)41-27(50)14-39-29(52)18(34)6-9-23(35)46/h2-5,15,18-22,45H,6-14,34H2,1H3,(H2,35,46)(H2,36,47)(H2,37,48)(H2,38,49)(H,39,52)(H,40,54)(H,41,50)(H,42,51)(H,43,53)(H,44,55)(H,56,57)/t15-,18-,19-,20-,21-,22-/m0/s1. The van der Waals surface area contributed by atoms with E-state index in [1.165, 1.54) is 24.3 Å². The molecule has 0 aromatic heterocycles. The third kappa shape index (κ3) is 19.3. The molecular formula is C33H49N11O13. The summed E-state index contributed by atoms with van der Waals surface area (Å²) in [6, 6.07) is -3.64. The van der Waals surface area contributed by atoms with Crippen LogP contribution in [0.2, 0.25) is 0 Å². The molecule has 0 bridgehead atoms. The largest absolute Gasteiger partial charge is 0.508 e. The second kappa shape index (κ2) is 23.8. The molecule has 0 spiro atoms. The Morgan fingerprint density at radius 3 is 1.58 bits per heavy atom. The number of aliphatic carboxylic acids is 1. The van der Waals surface area contributed by atoms with E-state index in [4.69, 9.17) is 28.7 Å². The van der Waals surface area contributed by atoms with Gasteiger partial charge in [0.1, 0.15) is 36.0 Å². The lowest BCUT2D eigenvalue weighted by atomic mass is 10.0. The molecule has 0 saturated heterocycles. The normalized spacial score (nSPS) is 13.8. The van der Waals surface area contributed by atoms with E-state index in [1.54, 1.807) is 0 Å². The van der Waals surface area contributed by atoms with E-state index in [1.807, 2.05) is 0 Å². The van der Waals surface area contributed by atoms with Crippen LogP contribution in [0.3, 0.4) is 0 Å².